The van der Waals surface area contributed by atoms with Crippen LogP contribution in [0.25, 0.3) is 0 Å². The molecule has 0 spiro atoms. The van der Waals surface area contributed by atoms with Crippen LogP contribution < -0.4 is 5.43 Å². The topological polar surface area (TPSA) is 24.4 Å². The van der Waals surface area contributed by atoms with Crippen molar-refractivity contribution in [3.8, 4) is 0 Å². The highest BCUT2D eigenvalue weighted by atomic mass is 32.2. The molecular weight excluding hydrogens is 240 g/mol. The summed E-state index contributed by atoms with van der Waals surface area (Å²) in [4.78, 5) is 1.39. The van der Waals surface area contributed by atoms with E-state index in [0.717, 1.165) is 11.0 Å². The molecule has 98 valence electrons. The van der Waals surface area contributed by atoms with Gasteiger partial charge in [0.05, 0.1) is 5.71 Å². The van der Waals surface area contributed by atoms with E-state index >= 15 is 0 Å². The Morgan fingerprint density at radius 3 is 2.44 bits per heavy atom. The normalized spacial score (nSPS) is 17.8. The van der Waals surface area contributed by atoms with Crippen molar-refractivity contribution in [1.29, 1.82) is 0 Å². The SMILES string of the molecule is CN/N=C(\C)c1ccc(SC2CCCCC2)cc1. The lowest BCUT2D eigenvalue weighted by molar-refractivity contribution is 0.516. The van der Waals surface area contributed by atoms with Crippen molar-refractivity contribution < 1.29 is 0 Å². The highest BCUT2D eigenvalue weighted by Crippen LogP contribution is 2.33. The van der Waals surface area contributed by atoms with Crippen LogP contribution in [0.15, 0.2) is 34.3 Å². The quantitative estimate of drug-likeness (QED) is 0.654. The summed E-state index contributed by atoms with van der Waals surface area (Å²) in [7, 11) is 1.83. The molecule has 1 aromatic carbocycles. The first-order valence-corrected chi connectivity index (χ1v) is 7.65. The maximum atomic E-state index is 4.20. The van der Waals surface area contributed by atoms with Crippen molar-refractivity contribution in [3.05, 3.63) is 29.8 Å². The van der Waals surface area contributed by atoms with Gasteiger partial charge in [0.1, 0.15) is 0 Å². The second-order valence-electron chi connectivity index (χ2n) is 4.82. The lowest BCUT2D eigenvalue weighted by atomic mass is 10.0. The molecule has 0 bridgehead atoms. The van der Waals surface area contributed by atoms with Crippen LogP contribution in [0, 0.1) is 0 Å². The minimum absolute atomic E-state index is 0.830. The molecule has 1 saturated carbocycles. The van der Waals surface area contributed by atoms with E-state index in [1.54, 1.807) is 0 Å². The zero-order valence-electron chi connectivity index (χ0n) is 11.3. The van der Waals surface area contributed by atoms with Crippen molar-refractivity contribution in [3.63, 3.8) is 0 Å². The zero-order valence-corrected chi connectivity index (χ0v) is 12.1. The maximum absolute atomic E-state index is 4.20. The van der Waals surface area contributed by atoms with Gasteiger partial charge in [0.25, 0.3) is 0 Å². The van der Waals surface area contributed by atoms with Gasteiger partial charge >= 0.3 is 0 Å². The molecule has 0 heterocycles. The monoisotopic (exact) mass is 262 g/mol. The molecule has 2 rings (SSSR count). The molecule has 1 aliphatic rings. The summed E-state index contributed by atoms with van der Waals surface area (Å²) in [5.74, 6) is 0. The predicted octanol–water partition coefficient (Wildman–Crippen LogP) is 4.05. The summed E-state index contributed by atoms with van der Waals surface area (Å²) in [5, 5.41) is 5.03. The summed E-state index contributed by atoms with van der Waals surface area (Å²) >= 11 is 2.04. The summed E-state index contributed by atoms with van der Waals surface area (Å²) < 4.78 is 0. The minimum atomic E-state index is 0.830. The van der Waals surface area contributed by atoms with Crippen LogP contribution in [-0.4, -0.2) is 18.0 Å². The van der Waals surface area contributed by atoms with E-state index < -0.39 is 0 Å². The van der Waals surface area contributed by atoms with Crippen molar-refractivity contribution in [2.24, 2.45) is 5.10 Å². The number of thioether (sulfide) groups is 1. The Labute approximate surface area is 114 Å². The second kappa shape index (κ2) is 6.83. The summed E-state index contributed by atoms with van der Waals surface area (Å²) in [6, 6.07) is 8.79. The molecule has 2 nitrogen and oxygen atoms in total. The highest BCUT2D eigenvalue weighted by molar-refractivity contribution is 8.00. The zero-order chi connectivity index (χ0) is 12.8. The molecule has 3 heteroatoms. The van der Waals surface area contributed by atoms with E-state index in [4.69, 9.17) is 0 Å². The molecule has 18 heavy (non-hydrogen) atoms. The Morgan fingerprint density at radius 1 is 1.17 bits per heavy atom. The molecular formula is C15H22N2S. The van der Waals surface area contributed by atoms with Gasteiger partial charge in [0, 0.05) is 17.2 Å². The Balaban J connectivity index is 1.96. The van der Waals surface area contributed by atoms with Crippen LogP contribution >= 0.6 is 11.8 Å². The molecule has 1 aromatic rings. The number of nitrogens with zero attached hydrogens (tertiary/aromatic N) is 1. The summed E-state index contributed by atoms with van der Waals surface area (Å²) in [6.45, 7) is 2.03. The van der Waals surface area contributed by atoms with Crippen LogP contribution in [0.4, 0.5) is 0 Å². The van der Waals surface area contributed by atoms with E-state index in [9.17, 15) is 0 Å². The fourth-order valence-electron chi connectivity index (χ4n) is 2.38. The Bertz CT molecular complexity index is 391. The molecule has 0 aromatic heterocycles. The van der Waals surface area contributed by atoms with Gasteiger partial charge in [0.15, 0.2) is 0 Å². The minimum Gasteiger partial charge on any atom is -0.313 e. The van der Waals surface area contributed by atoms with Crippen LogP contribution in [0.2, 0.25) is 0 Å². The van der Waals surface area contributed by atoms with Gasteiger partial charge < -0.3 is 5.43 Å². The van der Waals surface area contributed by atoms with E-state index in [-0.39, 0.29) is 0 Å². The van der Waals surface area contributed by atoms with Gasteiger partial charge in [-0.05, 0) is 37.5 Å². The van der Waals surface area contributed by atoms with E-state index in [1.165, 1.54) is 42.6 Å². The fraction of sp³-hybridized carbons (Fsp3) is 0.533. The summed E-state index contributed by atoms with van der Waals surface area (Å²) in [6.07, 6.45) is 7.00. The molecule has 0 amide bonds. The smallest absolute Gasteiger partial charge is 0.0644 e. The number of hydrazone groups is 1. The van der Waals surface area contributed by atoms with Crippen molar-refractivity contribution in [2.75, 3.05) is 7.05 Å². The van der Waals surface area contributed by atoms with Crippen LogP contribution in [0.5, 0.6) is 0 Å². The lowest BCUT2D eigenvalue weighted by Gasteiger charge is -2.20. The second-order valence-corrected chi connectivity index (χ2v) is 6.20. The van der Waals surface area contributed by atoms with E-state index in [0.29, 0.717) is 0 Å². The number of rotatable bonds is 4. The first kappa shape index (κ1) is 13.5. The molecule has 1 aliphatic carbocycles. The van der Waals surface area contributed by atoms with Gasteiger partial charge in [-0.15, -0.1) is 11.8 Å². The number of hydrogen-bond acceptors (Lipinski definition) is 3. The largest absolute Gasteiger partial charge is 0.313 e. The molecule has 0 radical (unpaired) electrons. The molecule has 0 saturated heterocycles. The molecule has 0 aliphatic heterocycles. The number of hydrogen-bond donors (Lipinski definition) is 1. The average molecular weight is 262 g/mol. The van der Waals surface area contributed by atoms with Gasteiger partial charge in [-0.1, -0.05) is 31.4 Å². The molecule has 0 unspecified atom stereocenters. The van der Waals surface area contributed by atoms with Gasteiger partial charge in [-0.3, -0.25) is 0 Å². The lowest BCUT2D eigenvalue weighted by Crippen LogP contribution is -2.07. The highest BCUT2D eigenvalue weighted by Gasteiger charge is 2.14. The van der Waals surface area contributed by atoms with Gasteiger partial charge in [0.2, 0.25) is 0 Å². The van der Waals surface area contributed by atoms with E-state index in [1.807, 2.05) is 25.7 Å². The third-order valence-corrected chi connectivity index (χ3v) is 4.76. The Morgan fingerprint density at radius 2 is 1.83 bits per heavy atom. The predicted molar refractivity (Wildman–Crippen MR) is 80.4 cm³/mol. The number of benzene rings is 1. The van der Waals surface area contributed by atoms with Crippen molar-refractivity contribution in [1.82, 2.24) is 5.43 Å². The van der Waals surface area contributed by atoms with Crippen LogP contribution in [-0.2, 0) is 0 Å². The molecule has 0 atom stereocenters. The fourth-order valence-corrected chi connectivity index (χ4v) is 3.63. The van der Waals surface area contributed by atoms with Crippen molar-refractivity contribution in [2.45, 2.75) is 49.2 Å². The van der Waals surface area contributed by atoms with Crippen LogP contribution in [0.3, 0.4) is 0 Å². The standard InChI is InChI=1S/C15H22N2S/c1-12(17-16-2)13-8-10-15(11-9-13)18-14-6-4-3-5-7-14/h8-11,14,16H,3-7H2,1-2H3/b17-12+. The third-order valence-electron chi connectivity index (χ3n) is 3.41. The summed E-state index contributed by atoms with van der Waals surface area (Å²) in [5.41, 5.74) is 5.05. The first-order valence-electron chi connectivity index (χ1n) is 6.77. The average Bonchev–Trinajstić information content (AvgIpc) is 2.41. The Kier molecular flexibility index (Phi) is 5.12. The van der Waals surface area contributed by atoms with Crippen molar-refractivity contribution >= 4 is 17.5 Å². The van der Waals surface area contributed by atoms with Crippen LogP contribution in [0.1, 0.15) is 44.6 Å². The number of nitrogens with one attached hydrogen (secondary N) is 1. The van der Waals surface area contributed by atoms with Gasteiger partial charge in [-0.25, -0.2) is 0 Å². The van der Waals surface area contributed by atoms with Gasteiger partial charge in [-0.2, -0.15) is 5.10 Å². The molecule has 1 fully saturated rings. The first-order chi connectivity index (χ1) is 8.79. The maximum Gasteiger partial charge on any atom is 0.0644 e. The van der Waals surface area contributed by atoms with E-state index in [2.05, 4.69) is 34.8 Å². The third kappa shape index (κ3) is 3.77. The molecule has 1 N–H and O–H groups in total. The Hall–Kier alpha value is -0.960.